The van der Waals surface area contributed by atoms with Gasteiger partial charge < -0.3 is 15.0 Å². The van der Waals surface area contributed by atoms with Gasteiger partial charge >= 0.3 is 6.01 Å². The first-order valence-electron chi connectivity index (χ1n) is 14.0. The van der Waals surface area contributed by atoms with Gasteiger partial charge in [-0.25, -0.2) is 13.2 Å². The fourth-order valence-corrected chi connectivity index (χ4v) is 6.73. The Hall–Kier alpha value is -3.94. The molecule has 2 aromatic heterocycles. The summed E-state index contributed by atoms with van der Waals surface area (Å²) in [5, 5.41) is 4.86. The maximum Gasteiger partial charge on any atom is 0.319 e. The Morgan fingerprint density at radius 3 is 2.80 bits per heavy atom. The molecule has 0 saturated carbocycles. The van der Waals surface area contributed by atoms with Crippen molar-refractivity contribution in [2.75, 3.05) is 50.8 Å². The summed E-state index contributed by atoms with van der Waals surface area (Å²) in [4.78, 5) is 18.0. The molecule has 2 aromatic carbocycles. The zero-order chi connectivity index (χ0) is 28.1. The van der Waals surface area contributed by atoms with Gasteiger partial charge in [-0.05, 0) is 30.8 Å². The van der Waals surface area contributed by atoms with E-state index in [2.05, 4.69) is 31.0 Å². The van der Waals surface area contributed by atoms with Crippen LogP contribution < -0.4 is 15.0 Å². The smallest absolute Gasteiger partial charge is 0.319 e. The van der Waals surface area contributed by atoms with Crippen LogP contribution in [0.25, 0.3) is 32.9 Å². The number of anilines is 1. The number of ether oxygens (including phenoxy) is 1. The van der Waals surface area contributed by atoms with Gasteiger partial charge in [-0.2, -0.15) is 9.97 Å². The number of alkyl halides is 1. The Morgan fingerprint density at radius 2 is 1.98 bits per heavy atom. The molecule has 7 nitrogen and oxygen atoms in total. The molecule has 210 valence electrons. The SMILES string of the molecule is C#Cc1c(F)ccc2cccc(-c3ncc4c(N5CCNCC5)nc(OC[C@@]56CCCN5C[C@H](F)C6)nc4c3F)c12. The number of halogens is 3. The number of aromatic nitrogens is 3. The van der Waals surface area contributed by atoms with Crippen molar-refractivity contribution in [2.24, 2.45) is 0 Å². The number of terminal acetylenes is 1. The van der Waals surface area contributed by atoms with Gasteiger partial charge in [0.1, 0.15) is 35.6 Å². The van der Waals surface area contributed by atoms with Gasteiger partial charge in [-0.1, -0.05) is 30.2 Å². The number of hydrogen-bond donors (Lipinski definition) is 1. The second-order valence-corrected chi connectivity index (χ2v) is 11.1. The Labute approximate surface area is 235 Å². The molecule has 0 amide bonds. The number of fused-ring (bicyclic) bond motifs is 3. The van der Waals surface area contributed by atoms with Gasteiger partial charge in [0.15, 0.2) is 5.82 Å². The number of pyridine rings is 1. The Bertz CT molecular complexity index is 1700. The first-order chi connectivity index (χ1) is 20.0. The largest absolute Gasteiger partial charge is 0.461 e. The number of rotatable bonds is 5. The van der Waals surface area contributed by atoms with E-state index in [4.69, 9.17) is 16.1 Å². The molecular formula is C31H29F3N6O. The summed E-state index contributed by atoms with van der Waals surface area (Å²) < 4.78 is 51.7. The third-order valence-corrected chi connectivity index (χ3v) is 8.69. The van der Waals surface area contributed by atoms with E-state index >= 15 is 4.39 Å². The van der Waals surface area contributed by atoms with Crippen molar-refractivity contribution < 1.29 is 17.9 Å². The topological polar surface area (TPSA) is 66.4 Å². The summed E-state index contributed by atoms with van der Waals surface area (Å²) in [6, 6.07) is 8.19. The predicted octanol–water partition coefficient (Wildman–Crippen LogP) is 4.47. The monoisotopic (exact) mass is 558 g/mol. The standard InChI is InChI=1S/C31H29F3N6O/c1-2-21-24(33)8-7-19-5-3-6-22(25(19)21)27-26(34)28-23(16-36-27)29(39-13-10-35-11-14-39)38-30(37-28)41-18-31-9-4-12-40(31)17-20(32)15-31/h1,3,5-8,16,20,35H,4,9-15,17-18H2/t20-,31+/m1/s1. The van der Waals surface area contributed by atoms with Gasteiger partial charge in [0.05, 0.1) is 16.5 Å². The van der Waals surface area contributed by atoms with Crippen LogP contribution >= 0.6 is 0 Å². The molecule has 7 rings (SSSR count). The van der Waals surface area contributed by atoms with Gasteiger partial charge in [-0.3, -0.25) is 9.88 Å². The van der Waals surface area contributed by atoms with Crippen molar-refractivity contribution in [3.63, 3.8) is 0 Å². The second-order valence-electron chi connectivity index (χ2n) is 11.1. The van der Waals surface area contributed by atoms with Crippen molar-refractivity contribution in [2.45, 2.75) is 31.0 Å². The summed E-state index contributed by atoms with van der Waals surface area (Å²) in [6.45, 7) is 4.32. The lowest BCUT2D eigenvalue weighted by atomic mass is 9.95. The second kappa shape index (κ2) is 10.2. The number of hydrogen-bond acceptors (Lipinski definition) is 7. The molecule has 5 heterocycles. The first-order valence-corrected chi connectivity index (χ1v) is 14.0. The lowest BCUT2D eigenvalue weighted by Gasteiger charge is -2.31. The summed E-state index contributed by atoms with van der Waals surface area (Å²) in [5.41, 5.74) is 0.0980. The molecule has 0 aliphatic carbocycles. The van der Waals surface area contributed by atoms with Crippen molar-refractivity contribution >= 4 is 27.5 Å². The quantitative estimate of drug-likeness (QED) is 0.363. The third kappa shape index (κ3) is 4.35. The highest BCUT2D eigenvalue weighted by atomic mass is 19.1. The average molecular weight is 559 g/mol. The van der Waals surface area contributed by atoms with E-state index in [-0.39, 0.29) is 29.4 Å². The molecule has 3 saturated heterocycles. The van der Waals surface area contributed by atoms with E-state index in [1.54, 1.807) is 30.5 Å². The number of nitrogens with zero attached hydrogens (tertiary/aromatic N) is 5. The highest BCUT2D eigenvalue weighted by molar-refractivity contribution is 6.02. The Balaban J connectivity index is 1.36. The molecule has 3 fully saturated rings. The van der Waals surface area contributed by atoms with Crippen LogP contribution in [-0.4, -0.2) is 77.4 Å². The zero-order valence-corrected chi connectivity index (χ0v) is 22.5. The molecular weight excluding hydrogens is 529 g/mol. The molecule has 3 aliphatic rings. The van der Waals surface area contributed by atoms with E-state index in [1.807, 2.05) is 0 Å². The third-order valence-electron chi connectivity index (χ3n) is 8.69. The zero-order valence-electron chi connectivity index (χ0n) is 22.5. The molecule has 41 heavy (non-hydrogen) atoms. The van der Waals surface area contributed by atoms with E-state index in [0.29, 0.717) is 53.6 Å². The van der Waals surface area contributed by atoms with Gasteiger partial charge in [0.25, 0.3) is 0 Å². The molecule has 1 N–H and O–H groups in total. The van der Waals surface area contributed by atoms with Crippen LogP contribution in [-0.2, 0) is 0 Å². The Kier molecular flexibility index (Phi) is 6.44. The lowest BCUT2D eigenvalue weighted by molar-refractivity contribution is 0.107. The van der Waals surface area contributed by atoms with Gasteiger partial charge in [-0.15, -0.1) is 6.42 Å². The number of nitrogens with one attached hydrogen (secondary N) is 1. The van der Waals surface area contributed by atoms with Crippen LogP contribution in [0, 0.1) is 24.0 Å². The van der Waals surface area contributed by atoms with E-state index in [1.165, 1.54) is 6.07 Å². The van der Waals surface area contributed by atoms with Crippen LogP contribution in [0.5, 0.6) is 6.01 Å². The molecule has 0 spiro atoms. The summed E-state index contributed by atoms with van der Waals surface area (Å²) in [7, 11) is 0. The first kappa shape index (κ1) is 26.0. The van der Waals surface area contributed by atoms with Crippen molar-refractivity contribution in [1.29, 1.82) is 0 Å². The van der Waals surface area contributed by atoms with E-state index in [0.717, 1.165) is 32.5 Å². The summed E-state index contributed by atoms with van der Waals surface area (Å²) in [6.07, 6.45) is 8.56. The van der Waals surface area contributed by atoms with Crippen molar-refractivity contribution in [3.05, 3.63) is 53.7 Å². The molecule has 0 radical (unpaired) electrons. The molecule has 2 atom stereocenters. The average Bonchev–Trinajstić information content (AvgIpc) is 3.52. The van der Waals surface area contributed by atoms with E-state index in [9.17, 15) is 8.78 Å². The van der Waals surface area contributed by atoms with Crippen LogP contribution in [0.1, 0.15) is 24.8 Å². The van der Waals surface area contributed by atoms with Crippen molar-refractivity contribution in [1.82, 2.24) is 25.2 Å². The minimum Gasteiger partial charge on any atom is -0.461 e. The highest BCUT2D eigenvalue weighted by Crippen LogP contribution is 2.41. The normalized spacial score (nSPS) is 22.8. The molecule has 10 heteroatoms. The fourth-order valence-electron chi connectivity index (χ4n) is 6.73. The fraction of sp³-hybridized carbons (Fsp3) is 0.387. The van der Waals surface area contributed by atoms with Crippen LogP contribution in [0.3, 0.4) is 0 Å². The lowest BCUT2D eigenvalue weighted by Crippen LogP contribution is -2.44. The Morgan fingerprint density at radius 1 is 1.12 bits per heavy atom. The molecule has 0 unspecified atom stereocenters. The molecule has 4 aromatic rings. The molecule has 0 bridgehead atoms. The highest BCUT2D eigenvalue weighted by Gasteiger charge is 2.49. The predicted molar refractivity (Wildman–Crippen MR) is 152 cm³/mol. The van der Waals surface area contributed by atoms with E-state index < -0.39 is 23.3 Å². The van der Waals surface area contributed by atoms with Gasteiger partial charge in [0, 0.05) is 56.3 Å². The van der Waals surface area contributed by atoms with Crippen LogP contribution in [0.2, 0.25) is 0 Å². The number of benzene rings is 2. The van der Waals surface area contributed by atoms with Crippen LogP contribution in [0.4, 0.5) is 19.0 Å². The van der Waals surface area contributed by atoms with Crippen LogP contribution in [0.15, 0.2) is 36.5 Å². The number of piperazine rings is 1. The maximum atomic E-state index is 16.5. The maximum absolute atomic E-state index is 16.5. The summed E-state index contributed by atoms with van der Waals surface area (Å²) in [5.74, 6) is 1.72. The minimum atomic E-state index is -0.891. The minimum absolute atomic E-state index is 0.0118. The summed E-state index contributed by atoms with van der Waals surface area (Å²) >= 11 is 0. The van der Waals surface area contributed by atoms with Crippen molar-refractivity contribution in [3.8, 4) is 29.6 Å². The van der Waals surface area contributed by atoms with Gasteiger partial charge in [0.2, 0.25) is 0 Å². The molecule has 3 aliphatic heterocycles.